The Morgan fingerprint density at radius 1 is 1.00 bits per heavy atom. The highest BCUT2D eigenvalue weighted by Crippen LogP contribution is 1.75. The van der Waals surface area contributed by atoms with Crippen LogP contribution >= 0.6 is 0 Å². The highest BCUT2D eigenvalue weighted by atomic mass is 16.5. The molecule has 0 fully saturated rings. The van der Waals surface area contributed by atoms with E-state index in [1.807, 2.05) is 0 Å². The highest BCUT2D eigenvalue weighted by Gasteiger charge is 1.87. The molecule has 0 saturated carbocycles. The van der Waals surface area contributed by atoms with Gasteiger partial charge in [-0.2, -0.15) is 0 Å². The summed E-state index contributed by atoms with van der Waals surface area (Å²) in [5.41, 5.74) is 0. The standard InChI is InChI=1S/2C4H10O2/c1-5-3-4-6-2;1-4(5)3-6-2/h3-4H2,1-2H3;4-5H,3H2,1-2H3. The zero-order valence-electron chi connectivity index (χ0n) is 8.37. The van der Waals surface area contributed by atoms with Gasteiger partial charge in [0.15, 0.2) is 0 Å². The summed E-state index contributed by atoms with van der Waals surface area (Å²) in [6, 6.07) is 0. The quantitative estimate of drug-likeness (QED) is 0.618. The summed E-state index contributed by atoms with van der Waals surface area (Å²) in [6.07, 6.45) is -0.324. The van der Waals surface area contributed by atoms with Crippen molar-refractivity contribution in [3.8, 4) is 0 Å². The van der Waals surface area contributed by atoms with Crippen LogP contribution in [0.25, 0.3) is 0 Å². The van der Waals surface area contributed by atoms with Gasteiger partial charge in [-0.25, -0.2) is 0 Å². The molecule has 0 bridgehead atoms. The molecule has 0 radical (unpaired) electrons. The molecule has 0 aliphatic heterocycles. The number of hydrogen-bond donors (Lipinski definition) is 1. The summed E-state index contributed by atoms with van der Waals surface area (Å²) in [6.45, 7) is 3.50. The Labute approximate surface area is 74.4 Å². The summed E-state index contributed by atoms with van der Waals surface area (Å²) >= 11 is 0. The summed E-state index contributed by atoms with van der Waals surface area (Å²) in [7, 11) is 4.87. The van der Waals surface area contributed by atoms with Crippen LogP contribution in [0.3, 0.4) is 0 Å². The first-order valence-electron chi connectivity index (χ1n) is 3.83. The van der Waals surface area contributed by atoms with Crippen LogP contribution in [-0.4, -0.2) is 52.4 Å². The minimum absolute atomic E-state index is 0.324. The van der Waals surface area contributed by atoms with Crippen LogP contribution in [0.2, 0.25) is 0 Å². The number of aliphatic hydroxyl groups is 1. The van der Waals surface area contributed by atoms with Crippen molar-refractivity contribution >= 4 is 0 Å². The van der Waals surface area contributed by atoms with Crippen LogP contribution in [0.15, 0.2) is 0 Å². The maximum Gasteiger partial charge on any atom is 0.0745 e. The Kier molecular flexibility index (Phi) is 16.1. The second-order valence-corrected chi connectivity index (χ2v) is 2.29. The first-order chi connectivity index (χ1) is 5.68. The van der Waals surface area contributed by atoms with Crippen molar-refractivity contribution in [3.05, 3.63) is 0 Å². The molecule has 0 aromatic carbocycles. The van der Waals surface area contributed by atoms with Gasteiger partial charge in [-0.1, -0.05) is 0 Å². The van der Waals surface area contributed by atoms with Crippen molar-refractivity contribution in [2.24, 2.45) is 0 Å². The summed E-state index contributed by atoms with van der Waals surface area (Å²) in [4.78, 5) is 0. The van der Waals surface area contributed by atoms with E-state index in [9.17, 15) is 0 Å². The van der Waals surface area contributed by atoms with E-state index in [0.717, 1.165) is 0 Å². The molecule has 0 amide bonds. The van der Waals surface area contributed by atoms with E-state index in [2.05, 4.69) is 14.2 Å². The Bertz CT molecular complexity index is 62.1. The molecule has 1 N–H and O–H groups in total. The summed E-state index contributed by atoms with van der Waals surface area (Å²) < 4.78 is 13.9. The molecule has 76 valence electrons. The van der Waals surface area contributed by atoms with Crippen LogP contribution in [0, 0.1) is 0 Å². The molecule has 0 saturated heterocycles. The average molecular weight is 180 g/mol. The molecule has 1 atom stereocenters. The van der Waals surface area contributed by atoms with Crippen molar-refractivity contribution in [1.82, 2.24) is 0 Å². The third kappa shape index (κ3) is 22.5. The lowest BCUT2D eigenvalue weighted by Gasteiger charge is -1.97. The Balaban J connectivity index is 0. The van der Waals surface area contributed by atoms with Gasteiger partial charge in [0.2, 0.25) is 0 Å². The van der Waals surface area contributed by atoms with Crippen LogP contribution in [0.1, 0.15) is 6.92 Å². The summed E-state index contributed by atoms with van der Waals surface area (Å²) in [5.74, 6) is 0. The maximum atomic E-state index is 8.43. The lowest BCUT2D eigenvalue weighted by molar-refractivity contribution is 0.0765. The van der Waals surface area contributed by atoms with Gasteiger partial charge in [0.25, 0.3) is 0 Å². The van der Waals surface area contributed by atoms with Gasteiger partial charge in [-0.15, -0.1) is 0 Å². The van der Waals surface area contributed by atoms with Gasteiger partial charge in [-0.05, 0) is 6.92 Å². The maximum absolute atomic E-state index is 8.43. The highest BCUT2D eigenvalue weighted by molar-refractivity contribution is 4.36. The molecule has 0 aliphatic rings. The monoisotopic (exact) mass is 180 g/mol. The van der Waals surface area contributed by atoms with Gasteiger partial charge in [0.1, 0.15) is 0 Å². The zero-order chi connectivity index (χ0) is 9.82. The van der Waals surface area contributed by atoms with Gasteiger partial charge in [-0.3, -0.25) is 0 Å². The predicted molar refractivity (Wildman–Crippen MR) is 47.3 cm³/mol. The van der Waals surface area contributed by atoms with Crippen LogP contribution in [0.5, 0.6) is 0 Å². The third-order valence-corrected chi connectivity index (χ3v) is 0.899. The van der Waals surface area contributed by atoms with E-state index in [1.165, 1.54) is 0 Å². The molecular formula is C8H20O4. The zero-order valence-corrected chi connectivity index (χ0v) is 8.37. The molecular weight excluding hydrogens is 160 g/mol. The number of ether oxygens (including phenoxy) is 3. The predicted octanol–water partition coefficient (Wildman–Crippen LogP) is 0.293. The SMILES string of the molecule is COCC(C)O.COCCOC. The van der Waals surface area contributed by atoms with E-state index in [-0.39, 0.29) is 6.10 Å². The van der Waals surface area contributed by atoms with Crippen molar-refractivity contribution in [3.63, 3.8) is 0 Å². The van der Waals surface area contributed by atoms with Crippen LogP contribution < -0.4 is 0 Å². The normalized spacial score (nSPS) is 11.8. The van der Waals surface area contributed by atoms with Gasteiger partial charge >= 0.3 is 0 Å². The lowest BCUT2D eigenvalue weighted by atomic mass is 10.5. The van der Waals surface area contributed by atoms with E-state index < -0.39 is 0 Å². The van der Waals surface area contributed by atoms with Crippen molar-refractivity contribution in [2.75, 3.05) is 41.2 Å². The number of aliphatic hydroxyl groups excluding tert-OH is 1. The molecule has 0 heterocycles. The molecule has 4 nitrogen and oxygen atoms in total. The molecule has 0 aromatic heterocycles. The second kappa shape index (κ2) is 13.4. The van der Waals surface area contributed by atoms with E-state index in [0.29, 0.717) is 19.8 Å². The molecule has 0 aliphatic carbocycles. The molecule has 0 spiro atoms. The Morgan fingerprint density at radius 2 is 1.42 bits per heavy atom. The minimum Gasteiger partial charge on any atom is -0.391 e. The Morgan fingerprint density at radius 3 is 1.50 bits per heavy atom. The topological polar surface area (TPSA) is 47.9 Å². The number of hydrogen-bond acceptors (Lipinski definition) is 4. The van der Waals surface area contributed by atoms with E-state index >= 15 is 0 Å². The van der Waals surface area contributed by atoms with E-state index in [4.69, 9.17) is 5.11 Å². The lowest BCUT2D eigenvalue weighted by Crippen LogP contribution is -2.07. The molecule has 1 unspecified atom stereocenters. The first-order valence-corrected chi connectivity index (χ1v) is 3.83. The average Bonchev–Trinajstić information content (AvgIpc) is 2.02. The largest absolute Gasteiger partial charge is 0.391 e. The first kappa shape index (κ1) is 14.4. The fourth-order valence-corrected chi connectivity index (χ4v) is 0.408. The van der Waals surface area contributed by atoms with Gasteiger partial charge < -0.3 is 19.3 Å². The van der Waals surface area contributed by atoms with E-state index in [1.54, 1.807) is 28.3 Å². The molecule has 0 aromatic rings. The number of rotatable bonds is 5. The summed E-state index contributed by atoms with van der Waals surface area (Å²) in [5, 5.41) is 8.43. The number of methoxy groups -OCH3 is 3. The van der Waals surface area contributed by atoms with Crippen LogP contribution in [-0.2, 0) is 14.2 Å². The van der Waals surface area contributed by atoms with Crippen LogP contribution in [0.4, 0.5) is 0 Å². The third-order valence-electron chi connectivity index (χ3n) is 0.899. The van der Waals surface area contributed by atoms with Crippen molar-refractivity contribution in [1.29, 1.82) is 0 Å². The molecule has 0 rings (SSSR count). The smallest absolute Gasteiger partial charge is 0.0745 e. The minimum atomic E-state index is -0.324. The molecule has 4 heteroatoms. The fourth-order valence-electron chi connectivity index (χ4n) is 0.408. The van der Waals surface area contributed by atoms with Gasteiger partial charge in [0.05, 0.1) is 25.9 Å². The van der Waals surface area contributed by atoms with Crippen molar-refractivity contribution < 1.29 is 19.3 Å². The second-order valence-electron chi connectivity index (χ2n) is 2.29. The van der Waals surface area contributed by atoms with Gasteiger partial charge in [0, 0.05) is 21.3 Å². The van der Waals surface area contributed by atoms with Crippen molar-refractivity contribution in [2.45, 2.75) is 13.0 Å². The molecule has 12 heavy (non-hydrogen) atoms. The fraction of sp³-hybridized carbons (Fsp3) is 1.00. The Hall–Kier alpha value is -0.160.